The normalized spacial score (nSPS) is 18.6. The van der Waals surface area contributed by atoms with Crippen molar-refractivity contribution in [2.45, 2.75) is 39.0 Å². The van der Waals surface area contributed by atoms with Gasteiger partial charge in [-0.1, -0.05) is 36.9 Å². The zero-order valence-electron chi connectivity index (χ0n) is 10.9. The van der Waals surface area contributed by atoms with Crippen molar-refractivity contribution in [2.75, 3.05) is 12.4 Å². The zero-order valence-corrected chi connectivity index (χ0v) is 12.6. The Morgan fingerprint density at radius 2 is 2.00 bits per heavy atom. The van der Waals surface area contributed by atoms with Crippen molar-refractivity contribution in [3.8, 4) is 5.75 Å². The van der Waals surface area contributed by atoms with E-state index in [1.165, 1.54) is 32.1 Å². The highest BCUT2D eigenvalue weighted by Gasteiger charge is 2.31. The van der Waals surface area contributed by atoms with Crippen LogP contribution < -0.4 is 4.74 Å². The van der Waals surface area contributed by atoms with Gasteiger partial charge < -0.3 is 4.74 Å². The van der Waals surface area contributed by atoms with Crippen molar-refractivity contribution < 1.29 is 4.74 Å². The molecule has 1 aliphatic rings. The summed E-state index contributed by atoms with van der Waals surface area (Å²) >= 11 is 10.5. The van der Waals surface area contributed by atoms with Gasteiger partial charge in [-0.3, -0.25) is 0 Å². The molecule has 0 heterocycles. The molecular weight excluding hydrogens is 264 g/mol. The number of halogens is 1. The van der Waals surface area contributed by atoms with Gasteiger partial charge in [0.1, 0.15) is 5.75 Å². The SMILES string of the molecule is Cc1ccc(Cl)cc1OCC1(CS)CCCCC1. The topological polar surface area (TPSA) is 9.23 Å². The maximum absolute atomic E-state index is 6.02. The molecule has 0 bridgehead atoms. The Kier molecular flexibility index (Phi) is 4.85. The Bertz CT molecular complexity index is 399. The van der Waals surface area contributed by atoms with E-state index in [2.05, 4.69) is 19.6 Å². The van der Waals surface area contributed by atoms with Gasteiger partial charge in [0.25, 0.3) is 0 Å². The van der Waals surface area contributed by atoms with Crippen molar-refractivity contribution in [3.63, 3.8) is 0 Å². The molecule has 0 spiro atoms. The Hall–Kier alpha value is -0.340. The average Bonchev–Trinajstić information content (AvgIpc) is 2.41. The fourth-order valence-corrected chi connectivity index (χ4v) is 3.18. The van der Waals surface area contributed by atoms with Gasteiger partial charge in [0.05, 0.1) is 6.61 Å². The van der Waals surface area contributed by atoms with Crippen LogP contribution in [0.5, 0.6) is 5.75 Å². The van der Waals surface area contributed by atoms with E-state index in [1.54, 1.807) is 0 Å². The molecule has 0 atom stereocenters. The van der Waals surface area contributed by atoms with E-state index in [4.69, 9.17) is 16.3 Å². The number of benzene rings is 1. The minimum atomic E-state index is 0.260. The predicted octanol–water partition coefficient (Wildman–Crippen LogP) is 4.91. The van der Waals surface area contributed by atoms with E-state index in [0.717, 1.165) is 28.7 Å². The number of hydrogen-bond donors (Lipinski definition) is 1. The summed E-state index contributed by atoms with van der Waals surface area (Å²) in [5.74, 6) is 1.82. The molecule has 0 unspecified atom stereocenters. The lowest BCUT2D eigenvalue weighted by atomic mass is 9.76. The van der Waals surface area contributed by atoms with E-state index < -0.39 is 0 Å². The molecule has 100 valence electrons. The van der Waals surface area contributed by atoms with Crippen LogP contribution in [0.15, 0.2) is 18.2 Å². The van der Waals surface area contributed by atoms with E-state index in [0.29, 0.717) is 0 Å². The molecule has 0 aliphatic heterocycles. The quantitative estimate of drug-likeness (QED) is 0.773. The van der Waals surface area contributed by atoms with E-state index in [-0.39, 0.29) is 5.41 Å². The molecule has 1 fully saturated rings. The summed E-state index contributed by atoms with van der Waals surface area (Å²) in [5, 5.41) is 0.735. The van der Waals surface area contributed by atoms with Gasteiger partial charge in [-0.15, -0.1) is 0 Å². The summed E-state index contributed by atoms with van der Waals surface area (Å²) in [4.78, 5) is 0. The van der Waals surface area contributed by atoms with Crippen molar-refractivity contribution in [1.82, 2.24) is 0 Å². The third-order valence-electron chi connectivity index (χ3n) is 3.93. The molecule has 18 heavy (non-hydrogen) atoms. The van der Waals surface area contributed by atoms with Crippen molar-refractivity contribution in [3.05, 3.63) is 28.8 Å². The van der Waals surface area contributed by atoms with Gasteiger partial charge in [-0.05, 0) is 43.2 Å². The van der Waals surface area contributed by atoms with E-state index in [1.807, 2.05) is 18.2 Å². The highest BCUT2D eigenvalue weighted by molar-refractivity contribution is 7.80. The molecular formula is C15H21ClOS. The van der Waals surface area contributed by atoms with Crippen LogP contribution in [-0.4, -0.2) is 12.4 Å². The summed E-state index contributed by atoms with van der Waals surface area (Å²) in [5.41, 5.74) is 1.40. The molecule has 1 aromatic carbocycles. The lowest BCUT2D eigenvalue weighted by Crippen LogP contribution is -2.33. The first-order valence-corrected chi connectivity index (χ1v) is 7.66. The monoisotopic (exact) mass is 284 g/mol. The maximum atomic E-state index is 6.02. The van der Waals surface area contributed by atoms with Crippen LogP contribution in [0.25, 0.3) is 0 Å². The van der Waals surface area contributed by atoms with Crippen LogP contribution in [0, 0.1) is 12.3 Å². The fourth-order valence-electron chi connectivity index (χ4n) is 2.61. The van der Waals surface area contributed by atoms with E-state index >= 15 is 0 Å². The summed E-state index contributed by atoms with van der Waals surface area (Å²) in [7, 11) is 0. The molecule has 0 saturated heterocycles. The van der Waals surface area contributed by atoms with Crippen LogP contribution in [0.3, 0.4) is 0 Å². The molecule has 1 aromatic rings. The highest BCUT2D eigenvalue weighted by Crippen LogP contribution is 2.38. The van der Waals surface area contributed by atoms with Gasteiger partial charge in [-0.25, -0.2) is 0 Å². The summed E-state index contributed by atoms with van der Waals surface area (Å²) < 4.78 is 6.02. The molecule has 1 aliphatic carbocycles. The Balaban J connectivity index is 2.03. The van der Waals surface area contributed by atoms with Gasteiger partial charge in [-0.2, -0.15) is 12.6 Å². The fraction of sp³-hybridized carbons (Fsp3) is 0.600. The lowest BCUT2D eigenvalue weighted by molar-refractivity contribution is 0.120. The van der Waals surface area contributed by atoms with Crippen LogP contribution in [0.4, 0.5) is 0 Å². The Morgan fingerprint density at radius 1 is 1.28 bits per heavy atom. The van der Waals surface area contributed by atoms with Gasteiger partial charge in [0.2, 0.25) is 0 Å². The van der Waals surface area contributed by atoms with Crippen LogP contribution in [0.1, 0.15) is 37.7 Å². The third kappa shape index (κ3) is 3.36. The number of ether oxygens (including phenoxy) is 1. The highest BCUT2D eigenvalue weighted by atomic mass is 35.5. The molecule has 1 saturated carbocycles. The molecule has 0 amide bonds. The van der Waals surface area contributed by atoms with Gasteiger partial charge in [0, 0.05) is 10.4 Å². The van der Waals surface area contributed by atoms with Crippen LogP contribution in [-0.2, 0) is 0 Å². The predicted molar refractivity (Wildman–Crippen MR) is 81.1 cm³/mol. The minimum absolute atomic E-state index is 0.260. The number of hydrogen-bond acceptors (Lipinski definition) is 2. The van der Waals surface area contributed by atoms with Gasteiger partial charge in [0.15, 0.2) is 0 Å². The summed E-state index contributed by atoms with van der Waals surface area (Å²) in [6.07, 6.45) is 6.43. The first-order chi connectivity index (χ1) is 8.65. The second kappa shape index (κ2) is 6.21. The first kappa shape index (κ1) is 14.1. The number of aryl methyl sites for hydroxylation is 1. The molecule has 3 heteroatoms. The molecule has 0 radical (unpaired) electrons. The van der Waals surface area contributed by atoms with Gasteiger partial charge >= 0.3 is 0 Å². The van der Waals surface area contributed by atoms with Crippen LogP contribution in [0.2, 0.25) is 5.02 Å². The van der Waals surface area contributed by atoms with Crippen molar-refractivity contribution in [1.29, 1.82) is 0 Å². The second-order valence-electron chi connectivity index (χ2n) is 5.42. The largest absolute Gasteiger partial charge is 0.493 e. The molecule has 2 rings (SSSR count). The Labute approximate surface area is 120 Å². The smallest absolute Gasteiger partial charge is 0.123 e. The minimum Gasteiger partial charge on any atom is -0.493 e. The van der Waals surface area contributed by atoms with Crippen molar-refractivity contribution in [2.24, 2.45) is 5.41 Å². The second-order valence-corrected chi connectivity index (χ2v) is 6.17. The molecule has 0 aromatic heterocycles. The van der Waals surface area contributed by atoms with Crippen molar-refractivity contribution >= 4 is 24.2 Å². The standard InChI is InChI=1S/C15H21ClOS/c1-12-5-6-13(16)9-14(12)17-10-15(11-18)7-3-2-4-8-15/h5-6,9,18H,2-4,7-8,10-11H2,1H3. The summed E-state index contributed by atoms with van der Waals surface area (Å²) in [6, 6.07) is 5.82. The number of thiol groups is 1. The van der Waals surface area contributed by atoms with E-state index in [9.17, 15) is 0 Å². The first-order valence-electron chi connectivity index (χ1n) is 6.65. The summed E-state index contributed by atoms with van der Waals surface area (Å²) in [6.45, 7) is 2.82. The maximum Gasteiger partial charge on any atom is 0.123 e. The molecule has 1 nitrogen and oxygen atoms in total. The Morgan fingerprint density at radius 3 is 2.67 bits per heavy atom. The lowest BCUT2D eigenvalue weighted by Gasteiger charge is -2.35. The number of rotatable bonds is 4. The third-order valence-corrected chi connectivity index (χ3v) is 4.84. The zero-order chi connectivity index (χ0) is 13.0. The van der Waals surface area contributed by atoms with Crippen LogP contribution >= 0.6 is 24.2 Å². The average molecular weight is 285 g/mol. The molecule has 0 N–H and O–H groups in total.